The van der Waals surface area contributed by atoms with Crippen LogP contribution in [0, 0.1) is 5.41 Å². The molecule has 0 aliphatic carbocycles. The van der Waals surface area contributed by atoms with E-state index in [9.17, 15) is 19.5 Å². The van der Waals surface area contributed by atoms with E-state index in [2.05, 4.69) is 10.5 Å². The lowest BCUT2D eigenvalue weighted by molar-refractivity contribution is -0.154. The van der Waals surface area contributed by atoms with Crippen LogP contribution < -0.4 is 5.43 Å². The van der Waals surface area contributed by atoms with Gasteiger partial charge in [0.05, 0.1) is 5.41 Å². The minimum Gasteiger partial charge on any atom is -0.481 e. The Morgan fingerprint density at radius 1 is 1.43 bits per heavy atom. The second-order valence-electron chi connectivity index (χ2n) is 5.76. The van der Waals surface area contributed by atoms with Gasteiger partial charge in [0.2, 0.25) is 5.91 Å². The van der Waals surface area contributed by atoms with Gasteiger partial charge in [-0.05, 0) is 19.3 Å². The first-order chi connectivity index (χ1) is 9.98. The third-order valence-corrected chi connectivity index (χ3v) is 4.20. The molecule has 1 saturated heterocycles. The highest BCUT2D eigenvalue weighted by molar-refractivity contribution is 6.39. The number of hydrogen-bond donors (Lipinski definition) is 2. The van der Waals surface area contributed by atoms with Crippen LogP contribution in [0.25, 0.3) is 0 Å². The van der Waals surface area contributed by atoms with Crippen molar-refractivity contribution in [3.05, 3.63) is 0 Å². The Morgan fingerprint density at radius 2 is 2.19 bits per heavy atom. The van der Waals surface area contributed by atoms with Gasteiger partial charge < -0.3 is 10.0 Å². The van der Waals surface area contributed by atoms with Crippen LogP contribution in [0.5, 0.6) is 0 Å². The largest absolute Gasteiger partial charge is 0.481 e. The maximum absolute atomic E-state index is 12.4. The quantitative estimate of drug-likeness (QED) is 0.799. The van der Waals surface area contributed by atoms with Gasteiger partial charge in [-0.2, -0.15) is 5.10 Å². The highest BCUT2D eigenvalue weighted by atomic mass is 16.4. The number of amides is 2. The number of hydrazone groups is 1. The molecule has 1 fully saturated rings. The molecule has 0 aromatic heterocycles. The van der Waals surface area contributed by atoms with Crippen LogP contribution in [0.2, 0.25) is 0 Å². The van der Waals surface area contributed by atoms with E-state index in [0.29, 0.717) is 37.9 Å². The minimum atomic E-state index is -0.846. The fraction of sp³-hybridized carbons (Fsp3) is 0.714. The Morgan fingerprint density at radius 3 is 2.76 bits per heavy atom. The van der Waals surface area contributed by atoms with Crippen molar-refractivity contribution < 1.29 is 19.5 Å². The van der Waals surface area contributed by atoms with Crippen molar-refractivity contribution in [1.29, 1.82) is 0 Å². The third kappa shape index (κ3) is 3.22. The molecule has 7 nitrogen and oxygen atoms in total. The molecule has 7 heteroatoms. The minimum absolute atomic E-state index is 0.198. The molecule has 1 unspecified atom stereocenters. The van der Waals surface area contributed by atoms with Gasteiger partial charge in [-0.3, -0.25) is 14.4 Å². The summed E-state index contributed by atoms with van der Waals surface area (Å²) in [6, 6.07) is 0. The Balaban J connectivity index is 2.11. The Kier molecular flexibility index (Phi) is 4.59. The molecule has 116 valence electrons. The lowest BCUT2D eigenvalue weighted by Crippen LogP contribution is -2.52. The molecule has 21 heavy (non-hydrogen) atoms. The van der Waals surface area contributed by atoms with Gasteiger partial charge in [0.15, 0.2) is 0 Å². The lowest BCUT2D eigenvalue weighted by Gasteiger charge is -2.40. The van der Waals surface area contributed by atoms with Crippen molar-refractivity contribution in [2.24, 2.45) is 10.5 Å². The van der Waals surface area contributed by atoms with Crippen molar-refractivity contribution in [2.45, 2.75) is 45.4 Å². The van der Waals surface area contributed by atoms with Crippen LogP contribution in [0.1, 0.15) is 45.4 Å². The van der Waals surface area contributed by atoms with Crippen molar-refractivity contribution in [3.8, 4) is 0 Å². The summed E-state index contributed by atoms with van der Waals surface area (Å²) in [5.74, 6) is -1.28. The van der Waals surface area contributed by atoms with Gasteiger partial charge in [-0.1, -0.05) is 13.3 Å². The summed E-state index contributed by atoms with van der Waals surface area (Å²) >= 11 is 0. The molecule has 0 saturated carbocycles. The van der Waals surface area contributed by atoms with E-state index < -0.39 is 11.4 Å². The van der Waals surface area contributed by atoms with Crippen LogP contribution in [-0.4, -0.2) is 46.6 Å². The smallest absolute Gasteiger partial charge is 0.311 e. The summed E-state index contributed by atoms with van der Waals surface area (Å²) in [5.41, 5.74) is 1.77. The van der Waals surface area contributed by atoms with E-state index in [1.54, 1.807) is 4.90 Å². The number of rotatable bonds is 4. The molecule has 2 aliphatic heterocycles. The van der Waals surface area contributed by atoms with Gasteiger partial charge in [0.25, 0.3) is 5.91 Å². The number of carbonyl (C=O) groups is 3. The average molecular weight is 295 g/mol. The zero-order valence-corrected chi connectivity index (χ0v) is 12.2. The third-order valence-electron chi connectivity index (χ3n) is 4.20. The summed E-state index contributed by atoms with van der Waals surface area (Å²) < 4.78 is 0. The topological polar surface area (TPSA) is 99.1 Å². The molecule has 2 rings (SSSR count). The second-order valence-corrected chi connectivity index (χ2v) is 5.76. The van der Waals surface area contributed by atoms with E-state index >= 15 is 0 Å². The van der Waals surface area contributed by atoms with E-state index in [1.165, 1.54) is 0 Å². The van der Waals surface area contributed by atoms with Crippen molar-refractivity contribution in [3.63, 3.8) is 0 Å². The number of carbonyl (C=O) groups excluding carboxylic acids is 2. The van der Waals surface area contributed by atoms with Crippen LogP contribution in [0.4, 0.5) is 0 Å². The molecular formula is C14H21N3O4. The van der Waals surface area contributed by atoms with Crippen molar-refractivity contribution in [1.82, 2.24) is 10.3 Å². The summed E-state index contributed by atoms with van der Waals surface area (Å²) in [5, 5.41) is 13.3. The SMILES string of the molecule is CCCC1(C(=O)O)CCCN(C(=O)C2=NNC(=O)CC2)C1. The predicted octanol–water partition coefficient (Wildman–Crippen LogP) is 0.746. The molecule has 1 atom stereocenters. The van der Waals surface area contributed by atoms with Crippen LogP contribution in [0.3, 0.4) is 0 Å². The molecule has 0 radical (unpaired) electrons. The number of hydrogen-bond acceptors (Lipinski definition) is 4. The van der Waals surface area contributed by atoms with E-state index in [-0.39, 0.29) is 24.8 Å². The molecular weight excluding hydrogens is 274 g/mol. The molecule has 2 heterocycles. The summed E-state index contributed by atoms with van der Waals surface area (Å²) in [4.78, 5) is 36.7. The average Bonchev–Trinajstić information content (AvgIpc) is 2.48. The number of nitrogens with zero attached hydrogens (tertiary/aromatic N) is 2. The number of piperidine rings is 1. The highest BCUT2D eigenvalue weighted by Crippen LogP contribution is 2.35. The van der Waals surface area contributed by atoms with E-state index in [4.69, 9.17) is 0 Å². The van der Waals surface area contributed by atoms with E-state index in [0.717, 1.165) is 6.42 Å². The zero-order chi connectivity index (χ0) is 15.5. The summed E-state index contributed by atoms with van der Waals surface area (Å²) in [7, 11) is 0. The van der Waals surface area contributed by atoms with Gasteiger partial charge in [-0.25, -0.2) is 5.43 Å². The van der Waals surface area contributed by atoms with Crippen LogP contribution in [-0.2, 0) is 14.4 Å². The molecule has 2 aliphatic rings. The predicted molar refractivity (Wildman–Crippen MR) is 75.6 cm³/mol. The highest BCUT2D eigenvalue weighted by Gasteiger charge is 2.43. The van der Waals surface area contributed by atoms with Crippen molar-refractivity contribution >= 4 is 23.5 Å². The normalized spacial score (nSPS) is 26.0. The number of aliphatic carboxylic acids is 1. The molecule has 0 bridgehead atoms. The molecule has 2 amide bonds. The molecule has 0 aromatic rings. The maximum atomic E-state index is 12.4. The van der Waals surface area contributed by atoms with Gasteiger partial charge in [0, 0.05) is 25.9 Å². The van der Waals surface area contributed by atoms with Gasteiger partial charge in [0.1, 0.15) is 5.71 Å². The second kappa shape index (κ2) is 6.24. The van der Waals surface area contributed by atoms with Crippen LogP contribution in [0.15, 0.2) is 5.10 Å². The van der Waals surface area contributed by atoms with E-state index in [1.807, 2.05) is 6.92 Å². The number of nitrogens with one attached hydrogen (secondary N) is 1. The first-order valence-corrected chi connectivity index (χ1v) is 7.36. The van der Waals surface area contributed by atoms with Gasteiger partial charge >= 0.3 is 5.97 Å². The Labute approximate surface area is 123 Å². The number of carboxylic acid groups (broad SMARTS) is 1. The number of likely N-dealkylation sites (tertiary alicyclic amines) is 1. The van der Waals surface area contributed by atoms with Crippen LogP contribution >= 0.6 is 0 Å². The molecule has 2 N–H and O–H groups in total. The Bertz CT molecular complexity index is 485. The summed E-state index contributed by atoms with van der Waals surface area (Å²) in [6.07, 6.45) is 3.17. The first-order valence-electron chi connectivity index (χ1n) is 7.36. The summed E-state index contributed by atoms with van der Waals surface area (Å²) in [6.45, 7) is 2.72. The standard InChI is InChI=1S/C14H21N3O4/c1-2-6-14(13(20)21)7-3-8-17(9-14)12(19)10-4-5-11(18)16-15-10/h2-9H2,1H3,(H,16,18)(H,20,21). The number of carboxylic acids is 1. The Hall–Kier alpha value is -1.92. The lowest BCUT2D eigenvalue weighted by atomic mass is 9.76. The van der Waals surface area contributed by atoms with Crippen molar-refractivity contribution in [2.75, 3.05) is 13.1 Å². The van der Waals surface area contributed by atoms with Gasteiger partial charge in [-0.15, -0.1) is 0 Å². The maximum Gasteiger partial charge on any atom is 0.311 e. The first kappa shape index (κ1) is 15.5. The monoisotopic (exact) mass is 295 g/mol. The zero-order valence-electron chi connectivity index (χ0n) is 12.2. The fourth-order valence-corrected chi connectivity index (χ4v) is 3.08. The molecule has 0 aromatic carbocycles. The molecule has 0 spiro atoms. The fourth-order valence-electron chi connectivity index (χ4n) is 3.08.